The molecule has 0 saturated carbocycles. The van der Waals surface area contributed by atoms with Crippen molar-refractivity contribution in [2.45, 2.75) is 0 Å². The Labute approximate surface area is 111 Å². The second-order valence-electron chi connectivity index (χ2n) is 3.25. The Morgan fingerprint density at radius 1 is 1.47 bits per heavy atom. The van der Waals surface area contributed by atoms with Gasteiger partial charge in [-0.1, -0.05) is 6.07 Å². The van der Waals surface area contributed by atoms with Crippen molar-refractivity contribution in [3.8, 4) is 5.75 Å². The second-order valence-corrected chi connectivity index (χ2v) is 4.33. The van der Waals surface area contributed by atoms with E-state index < -0.39 is 0 Å². The van der Waals surface area contributed by atoms with Gasteiger partial charge < -0.3 is 15.0 Å². The lowest BCUT2D eigenvalue weighted by Crippen LogP contribution is -2.12. The van der Waals surface area contributed by atoms with Crippen molar-refractivity contribution < 1.29 is 4.74 Å². The predicted molar refractivity (Wildman–Crippen MR) is 73.9 cm³/mol. The maximum atomic E-state index is 11.4. The van der Waals surface area contributed by atoms with Gasteiger partial charge in [0, 0.05) is 11.8 Å². The number of methoxy groups -OCH3 is 1. The topological polar surface area (TPSA) is 67.0 Å². The molecule has 88 valence electrons. The molecule has 6 heteroatoms. The number of rotatable bonds is 3. The van der Waals surface area contributed by atoms with Crippen LogP contribution in [0.1, 0.15) is 0 Å². The van der Waals surface area contributed by atoms with E-state index in [1.54, 1.807) is 7.11 Å². The highest BCUT2D eigenvalue weighted by Crippen LogP contribution is 2.21. The first kappa shape index (κ1) is 11.9. The van der Waals surface area contributed by atoms with E-state index in [2.05, 4.69) is 15.3 Å². The van der Waals surface area contributed by atoms with E-state index in [9.17, 15) is 4.79 Å². The maximum absolute atomic E-state index is 11.4. The molecule has 0 amide bonds. The molecule has 2 rings (SSSR count). The van der Waals surface area contributed by atoms with E-state index in [4.69, 9.17) is 4.74 Å². The van der Waals surface area contributed by atoms with Gasteiger partial charge in [-0.2, -0.15) is 0 Å². The third-order valence-electron chi connectivity index (χ3n) is 2.13. The zero-order chi connectivity index (χ0) is 12.3. The summed E-state index contributed by atoms with van der Waals surface area (Å²) >= 11 is 1.95. The summed E-state index contributed by atoms with van der Waals surface area (Å²) in [5.41, 5.74) is 0.659. The zero-order valence-electron chi connectivity index (χ0n) is 9.03. The van der Waals surface area contributed by atoms with Crippen LogP contribution in [0, 0.1) is 3.57 Å². The lowest BCUT2D eigenvalue weighted by Gasteiger charge is -2.07. The van der Waals surface area contributed by atoms with E-state index >= 15 is 0 Å². The monoisotopic (exact) mass is 343 g/mol. The summed E-state index contributed by atoms with van der Waals surface area (Å²) in [5, 5.41) is 3.07. The Kier molecular flexibility index (Phi) is 3.62. The SMILES string of the molecule is COc1cccc(Nc2nc[nH]c(=O)c2I)c1. The van der Waals surface area contributed by atoms with Crippen molar-refractivity contribution in [3.63, 3.8) is 0 Å². The van der Waals surface area contributed by atoms with Gasteiger partial charge in [-0.3, -0.25) is 4.79 Å². The van der Waals surface area contributed by atoms with Gasteiger partial charge in [0.05, 0.1) is 13.4 Å². The largest absolute Gasteiger partial charge is 0.497 e. The number of aromatic nitrogens is 2. The molecule has 0 saturated heterocycles. The van der Waals surface area contributed by atoms with Gasteiger partial charge in [0.25, 0.3) is 5.56 Å². The van der Waals surface area contributed by atoms with Crippen LogP contribution in [0.15, 0.2) is 35.4 Å². The van der Waals surface area contributed by atoms with Gasteiger partial charge in [0.1, 0.15) is 9.32 Å². The third-order valence-corrected chi connectivity index (χ3v) is 3.13. The number of aromatic amines is 1. The van der Waals surface area contributed by atoms with Crippen molar-refractivity contribution in [2.24, 2.45) is 0 Å². The average Bonchev–Trinajstić information content (AvgIpc) is 2.35. The average molecular weight is 343 g/mol. The summed E-state index contributed by atoms with van der Waals surface area (Å²) < 4.78 is 5.64. The number of anilines is 2. The molecular weight excluding hydrogens is 333 g/mol. The van der Waals surface area contributed by atoms with E-state index in [0.29, 0.717) is 9.39 Å². The van der Waals surface area contributed by atoms with Gasteiger partial charge in [-0.15, -0.1) is 0 Å². The minimum Gasteiger partial charge on any atom is -0.497 e. The predicted octanol–water partition coefficient (Wildman–Crippen LogP) is 2.13. The summed E-state index contributed by atoms with van der Waals surface area (Å²) in [6, 6.07) is 7.42. The molecule has 1 aromatic heterocycles. The standard InChI is InChI=1S/C11H10IN3O2/c1-17-8-4-2-3-7(5-8)15-10-9(12)11(16)14-6-13-10/h2-6H,1H3,(H2,13,14,15,16). The summed E-state index contributed by atoms with van der Waals surface area (Å²) in [6.07, 6.45) is 1.37. The van der Waals surface area contributed by atoms with Gasteiger partial charge in [-0.25, -0.2) is 4.98 Å². The maximum Gasteiger partial charge on any atom is 0.266 e. The Morgan fingerprint density at radius 3 is 3.06 bits per heavy atom. The Bertz CT molecular complexity index is 583. The highest BCUT2D eigenvalue weighted by Gasteiger charge is 2.05. The molecule has 0 aliphatic heterocycles. The number of halogens is 1. The smallest absolute Gasteiger partial charge is 0.266 e. The molecule has 0 spiro atoms. The van der Waals surface area contributed by atoms with E-state index in [-0.39, 0.29) is 5.56 Å². The summed E-state index contributed by atoms with van der Waals surface area (Å²) in [6.45, 7) is 0. The van der Waals surface area contributed by atoms with Crippen LogP contribution in [-0.2, 0) is 0 Å². The first-order valence-electron chi connectivity index (χ1n) is 4.85. The van der Waals surface area contributed by atoms with Crippen molar-refractivity contribution in [2.75, 3.05) is 12.4 Å². The van der Waals surface area contributed by atoms with Gasteiger partial charge >= 0.3 is 0 Å². The van der Waals surface area contributed by atoms with Crippen LogP contribution in [0.4, 0.5) is 11.5 Å². The van der Waals surface area contributed by atoms with Gasteiger partial charge in [0.15, 0.2) is 5.82 Å². The molecular formula is C11H10IN3O2. The van der Waals surface area contributed by atoms with E-state index in [0.717, 1.165) is 11.4 Å². The fourth-order valence-electron chi connectivity index (χ4n) is 1.31. The molecule has 0 aliphatic rings. The Morgan fingerprint density at radius 2 is 2.29 bits per heavy atom. The number of ether oxygens (including phenoxy) is 1. The lowest BCUT2D eigenvalue weighted by atomic mass is 10.3. The molecule has 5 nitrogen and oxygen atoms in total. The first-order chi connectivity index (χ1) is 8.20. The fraction of sp³-hybridized carbons (Fsp3) is 0.0909. The number of nitrogens with zero attached hydrogens (tertiary/aromatic N) is 1. The molecule has 0 atom stereocenters. The normalized spacial score (nSPS) is 10.0. The summed E-state index contributed by atoms with van der Waals surface area (Å²) in [4.78, 5) is 18.0. The molecule has 0 aliphatic carbocycles. The third kappa shape index (κ3) is 2.76. The van der Waals surface area contributed by atoms with Crippen LogP contribution < -0.4 is 15.6 Å². The van der Waals surface area contributed by atoms with Crippen molar-refractivity contribution in [1.82, 2.24) is 9.97 Å². The van der Waals surface area contributed by atoms with Crippen LogP contribution >= 0.6 is 22.6 Å². The van der Waals surface area contributed by atoms with Crippen molar-refractivity contribution in [3.05, 3.63) is 44.5 Å². The number of hydrogen-bond donors (Lipinski definition) is 2. The highest BCUT2D eigenvalue weighted by atomic mass is 127. The zero-order valence-corrected chi connectivity index (χ0v) is 11.2. The number of hydrogen-bond acceptors (Lipinski definition) is 4. The van der Waals surface area contributed by atoms with Crippen LogP contribution in [0.25, 0.3) is 0 Å². The second kappa shape index (κ2) is 5.17. The fourth-order valence-corrected chi connectivity index (χ4v) is 1.74. The molecule has 2 N–H and O–H groups in total. The first-order valence-corrected chi connectivity index (χ1v) is 5.93. The van der Waals surface area contributed by atoms with Gasteiger partial charge in [0.2, 0.25) is 0 Å². The van der Waals surface area contributed by atoms with E-state index in [1.807, 2.05) is 46.9 Å². The minimum atomic E-state index is -0.161. The minimum absolute atomic E-state index is 0.161. The molecule has 17 heavy (non-hydrogen) atoms. The molecule has 2 aromatic rings. The molecule has 0 unspecified atom stereocenters. The van der Waals surface area contributed by atoms with Crippen LogP contribution in [0.5, 0.6) is 5.75 Å². The lowest BCUT2D eigenvalue weighted by molar-refractivity contribution is 0.415. The number of nitrogens with one attached hydrogen (secondary N) is 2. The summed E-state index contributed by atoms with van der Waals surface area (Å²) in [5.74, 6) is 1.28. The van der Waals surface area contributed by atoms with Crippen LogP contribution in [0.2, 0.25) is 0 Å². The molecule has 0 fully saturated rings. The van der Waals surface area contributed by atoms with Gasteiger partial charge in [-0.05, 0) is 34.7 Å². The van der Waals surface area contributed by atoms with Crippen molar-refractivity contribution in [1.29, 1.82) is 0 Å². The summed E-state index contributed by atoms with van der Waals surface area (Å²) in [7, 11) is 1.61. The molecule has 0 bridgehead atoms. The van der Waals surface area contributed by atoms with Crippen LogP contribution in [-0.4, -0.2) is 17.1 Å². The van der Waals surface area contributed by atoms with Crippen molar-refractivity contribution >= 4 is 34.1 Å². The Balaban J connectivity index is 2.31. The van der Waals surface area contributed by atoms with Crippen LogP contribution in [0.3, 0.4) is 0 Å². The Hall–Kier alpha value is -1.57. The quantitative estimate of drug-likeness (QED) is 0.838. The highest BCUT2D eigenvalue weighted by molar-refractivity contribution is 14.1. The molecule has 1 heterocycles. The number of H-pyrrole nitrogens is 1. The van der Waals surface area contributed by atoms with E-state index in [1.165, 1.54) is 6.33 Å². The molecule has 0 radical (unpaired) electrons. The molecule has 1 aromatic carbocycles. The number of benzene rings is 1.